The third-order valence-corrected chi connectivity index (χ3v) is 3.46. The van der Waals surface area contributed by atoms with Gasteiger partial charge < -0.3 is 9.73 Å². The molecule has 1 fully saturated rings. The topological polar surface area (TPSA) is 42.2 Å². The van der Waals surface area contributed by atoms with Crippen LogP contribution in [0.25, 0.3) is 0 Å². The van der Waals surface area contributed by atoms with Crippen molar-refractivity contribution in [2.24, 2.45) is 0 Å². The van der Waals surface area contributed by atoms with Gasteiger partial charge in [-0.3, -0.25) is 4.79 Å². The largest absolute Gasteiger partial charge is 0.459 e. The summed E-state index contributed by atoms with van der Waals surface area (Å²) >= 11 is 5.98. The molecule has 3 nitrogen and oxygen atoms in total. The quantitative estimate of drug-likeness (QED) is 0.921. The zero-order chi connectivity index (χ0) is 12.6. The Bertz CT molecular complexity index is 573. The minimum absolute atomic E-state index is 0.183. The summed E-state index contributed by atoms with van der Waals surface area (Å²) in [6.07, 6.45) is 3.35. The van der Waals surface area contributed by atoms with Gasteiger partial charge in [0.05, 0.1) is 11.8 Å². The molecule has 1 aromatic heterocycles. The van der Waals surface area contributed by atoms with Crippen LogP contribution >= 0.6 is 11.6 Å². The van der Waals surface area contributed by atoms with E-state index in [1.165, 1.54) is 6.26 Å². The lowest BCUT2D eigenvalue weighted by Crippen LogP contribution is -2.34. The van der Waals surface area contributed by atoms with E-state index >= 15 is 0 Å². The fourth-order valence-electron chi connectivity index (χ4n) is 2.08. The third-order valence-electron chi connectivity index (χ3n) is 3.22. The number of benzene rings is 1. The van der Waals surface area contributed by atoms with E-state index in [9.17, 15) is 4.79 Å². The Hall–Kier alpha value is -1.74. The summed E-state index contributed by atoms with van der Waals surface area (Å²) in [4.78, 5) is 12.0. The Balaban J connectivity index is 1.82. The Morgan fingerprint density at radius 3 is 2.72 bits per heavy atom. The normalized spacial score (nSPS) is 16.3. The van der Waals surface area contributed by atoms with Crippen molar-refractivity contribution < 1.29 is 9.21 Å². The van der Waals surface area contributed by atoms with Crippen molar-refractivity contribution in [3.8, 4) is 0 Å². The molecule has 0 unspecified atom stereocenters. The van der Waals surface area contributed by atoms with Crippen molar-refractivity contribution in [1.29, 1.82) is 0 Å². The van der Waals surface area contributed by atoms with Gasteiger partial charge in [0.1, 0.15) is 0 Å². The van der Waals surface area contributed by atoms with Crippen LogP contribution in [-0.4, -0.2) is 5.91 Å². The first-order valence-electron chi connectivity index (χ1n) is 5.82. The molecule has 2 aromatic rings. The second kappa shape index (κ2) is 4.18. The number of nitrogens with one attached hydrogen (secondary N) is 1. The van der Waals surface area contributed by atoms with Crippen molar-refractivity contribution in [2.45, 2.75) is 18.4 Å². The van der Waals surface area contributed by atoms with Crippen LogP contribution in [0.4, 0.5) is 0 Å². The van der Waals surface area contributed by atoms with Gasteiger partial charge in [0, 0.05) is 5.02 Å². The summed E-state index contributed by atoms with van der Waals surface area (Å²) in [7, 11) is 0. The monoisotopic (exact) mass is 261 g/mol. The van der Waals surface area contributed by atoms with Gasteiger partial charge in [-0.05, 0) is 42.7 Å². The molecule has 18 heavy (non-hydrogen) atoms. The average molecular weight is 262 g/mol. The van der Waals surface area contributed by atoms with Gasteiger partial charge >= 0.3 is 0 Å². The van der Waals surface area contributed by atoms with Crippen LogP contribution in [0, 0.1) is 0 Å². The predicted molar refractivity (Wildman–Crippen MR) is 68.5 cm³/mol. The highest BCUT2D eigenvalue weighted by Crippen LogP contribution is 2.46. The molecule has 1 aliphatic rings. The highest BCUT2D eigenvalue weighted by atomic mass is 35.5. The molecule has 0 aliphatic heterocycles. The van der Waals surface area contributed by atoms with Gasteiger partial charge in [0.2, 0.25) is 0 Å². The molecule has 3 rings (SSSR count). The fraction of sp³-hybridized carbons (Fsp3) is 0.214. The smallest absolute Gasteiger partial charge is 0.287 e. The van der Waals surface area contributed by atoms with Crippen LogP contribution in [0.2, 0.25) is 5.02 Å². The van der Waals surface area contributed by atoms with Crippen LogP contribution in [0.5, 0.6) is 0 Å². The van der Waals surface area contributed by atoms with E-state index < -0.39 is 0 Å². The van der Waals surface area contributed by atoms with Crippen molar-refractivity contribution in [1.82, 2.24) is 5.32 Å². The summed E-state index contributed by atoms with van der Waals surface area (Å²) in [5, 5.41) is 3.71. The lowest BCUT2D eigenvalue weighted by molar-refractivity contribution is 0.0902. The van der Waals surface area contributed by atoms with Crippen LogP contribution in [-0.2, 0) is 5.54 Å². The molecule has 1 aliphatic carbocycles. The van der Waals surface area contributed by atoms with Crippen molar-refractivity contribution in [2.75, 3.05) is 0 Å². The number of halogens is 1. The van der Waals surface area contributed by atoms with Crippen LogP contribution in [0.3, 0.4) is 0 Å². The maximum atomic E-state index is 12.0. The molecule has 0 spiro atoms. The molecule has 1 aromatic carbocycles. The van der Waals surface area contributed by atoms with E-state index in [0.717, 1.165) is 18.4 Å². The van der Waals surface area contributed by atoms with Crippen molar-refractivity contribution in [3.63, 3.8) is 0 Å². The van der Waals surface area contributed by atoms with Crippen molar-refractivity contribution >= 4 is 17.5 Å². The predicted octanol–water partition coefficient (Wildman–Crippen LogP) is 3.35. The highest BCUT2D eigenvalue weighted by Gasteiger charge is 2.46. The molecule has 0 bridgehead atoms. The highest BCUT2D eigenvalue weighted by molar-refractivity contribution is 6.30. The van der Waals surface area contributed by atoms with E-state index in [4.69, 9.17) is 16.0 Å². The Morgan fingerprint density at radius 2 is 2.11 bits per heavy atom. The molecule has 1 heterocycles. The molecular formula is C14H12ClNO2. The Morgan fingerprint density at radius 1 is 1.28 bits per heavy atom. The van der Waals surface area contributed by atoms with Gasteiger partial charge in [-0.2, -0.15) is 0 Å². The maximum Gasteiger partial charge on any atom is 0.287 e. The zero-order valence-electron chi connectivity index (χ0n) is 9.65. The summed E-state index contributed by atoms with van der Waals surface area (Å²) in [5.41, 5.74) is 0.782. The maximum absolute atomic E-state index is 12.0. The minimum Gasteiger partial charge on any atom is -0.459 e. The van der Waals surface area contributed by atoms with Crippen LogP contribution in [0.15, 0.2) is 47.1 Å². The number of furan rings is 1. The zero-order valence-corrected chi connectivity index (χ0v) is 10.4. The molecule has 0 atom stereocenters. The number of hydrogen-bond acceptors (Lipinski definition) is 2. The molecule has 0 radical (unpaired) electrons. The first-order valence-corrected chi connectivity index (χ1v) is 6.19. The van der Waals surface area contributed by atoms with E-state index in [1.807, 2.05) is 24.3 Å². The standard InChI is InChI=1S/C14H12ClNO2/c15-11-4-1-3-10(9-11)14(6-7-14)16-13(17)12-5-2-8-18-12/h1-5,8-9H,6-7H2,(H,16,17). The van der Waals surface area contributed by atoms with Gasteiger partial charge in [-0.1, -0.05) is 23.7 Å². The van der Waals surface area contributed by atoms with E-state index in [2.05, 4.69) is 5.32 Å². The number of rotatable bonds is 3. The van der Waals surface area contributed by atoms with Gasteiger partial charge in [0.25, 0.3) is 5.91 Å². The van der Waals surface area contributed by atoms with E-state index in [1.54, 1.807) is 12.1 Å². The van der Waals surface area contributed by atoms with Crippen molar-refractivity contribution in [3.05, 3.63) is 59.0 Å². The SMILES string of the molecule is O=C(NC1(c2cccc(Cl)c2)CC1)c1ccco1. The van der Waals surface area contributed by atoms with E-state index in [-0.39, 0.29) is 11.4 Å². The molecule has 4 heteroatoms. The lowest BCUT2D eigenvalue weighted by atomic mass is 10.0. The van der Waals surface area contributed by atoms with Gasteiger partial charge in [0.15, 0.2) is 5.76 Å². The number of carbonyl (C=O) groups excluding carboxylic acids is 1. The number of carbonyl (C=O) groups is 1. The lowest BCUT2D eigenvalue weighted by Gasteiger charge is -2.17. The minimum atomic E-state index is -0.269. The fourth-order valence-corrected chi connectivity index (χ4v) is 2.27. The summed E-state index contributed by atoms with van der Waals surface area (Å²) in [6, 6.07) is 11.0. The summed E-state index contributed by atoms with van der Waals surface area (Å²) < 4.78 is 5.09. The molecule has 1 saturated carbocycles. The second-order valence-electron chi connectivity index (χ2n) is 4.52. The summed E-state index contributed by atoms with van der Waals surface area (Å²) in [6.45, 7) is 0. The first-order chi connectivity index (χ1) is 8.70. The first kappa shape index (κ1) is 11.4. The second-order valence-corrected chi connectivity index (χ2v) is 4.96. The summed E-state index contributed by atoms with van der Waals surface area (Å²) in [5.74, 6) is 0.153. The van der Waals surface area contributed by atoms with Gasteiger partial charge in [-0.15, -0.1) is 0 Å². The van der Waals surface area contributed by atoms with Gasteiger partial charge in [-0.25, -0.2) is 0 Å². The molecule has 1 amide bonds. The third kappa shape index (κ3) is 2.02. The molecule has 92 valence electrons. The van der Waals surface area contributed by atoms with E-state index in [0.29, 0.717) is 10.8 Å². The molecule has 1 N–H and O–H groups in total. The molecule has 0 saturated heterocycles. The van der Waals surface area contributed by atoms with Crippen LogP contribution in [0.1, 0.15) is 29.0 Å². The number of hydrogen-bond donors (Lipinski definition) is 1. The molecular weight excluding hydrogens is 250 g/mol. The Labute approximate surface area is 110 Å². The Kier molecular flexibility index (Phi) is 2.63. The number of amides is 1. The average Bonchev–Trinajstić information content (AvgIpc) is 2.93. The van der Waals surface area contributed by atoms with Crippen LogP contribution < -0.4 is 5.32 Å².